The molecule has 0 saturated heterocycles. The molecule has 3 heterocycles. The predicted octanol–water partition coefficient (Wildman–Crippen LogP) is 4.83. The molecule has 3 aromatic heterocycles. The fourth-order valence-corrected chi connectivity index (χ4v) is 3.58. The van der Waals surface area contributed by atoms with Crippen LogP contribution in [0.4, 0.5) is 5.82 Å². The van der Waals surface area contributed by atoms with Crippen molar-refractivity contribution in [2.24, 2.45) is 0 Å². The van der Waals surface area contributed by atoms with Gasteiger partial charge in [0.15, 0.2) is 5.82 Å². The van der Waals surface area contributed by atoms with E-state index in [1.165, 1.54) is 11.1 Å². The van der Waals surface area contributed by atoms with E-state index in [4.69, 9.17) is 4.74 Å². The van der Waals surface area contributed by atoms with Gasteiger partial charge in [0.05, 0.1) is 30.9 Å². The maximum Gasteiger partial charge on any atom is 0.238 e. The first-order valence-electron chi connectivity index (χ1n) is 10.2. The average Bonchev–Trinajstić information content (AvgIpc) is 3.21. The number of benzene rings is 1. The number of pyridine rings is 1. The van der Waals surface area contributed by atoms with Crippen LogP contribution >= 0.6 is 0 Å². The second kappa shape index (κ2) is 8.55. The zero-order valence-corrected chi connectivity index (χ0v) is 18.4. The van der Waals surface area contributed by atoms with Gasteiger partial charge in [0.1, 0.15) is 11.4 Å². The smallest absolute Gasteiger partial charge is 0.238 e. The van der Waals surface area contributed by atoms with Crippen molar-refractivity contribution in [2.75, 3.05) is 12.4 Å². The molecule has 0 aliphatic carbocycles. The first-order valence-corrected chi connectivity index (χ1v) is 10.2. The van der Waals surface area contributed by atoms with Gasteiger partial charge in [-0.2, -0.15) is 0 Å². The van der Waals surface area contributed by atoms with Crippen molar-refractivity contribution in [3.63, 3.8) is 0 Å². The maximum absolute atomic E-state index is 5.52. The zero-order chi connectivity index (χ0) is 22.0. The monoisotopic (exact) mass is 414 g/mol. The normalized spacial score (nSPS) is 11.9. The first kappa shape index (κ1) is 20.5. The van der Waals surface area contributed by atoms with Crippen molar-refractivity contribution >= 4 is 5.82 Å². The van der Waals surface area contributed by atoms with Crippen LogP contribution in [0.3, 0.4) is 0 Å². The SMILES string of the molecule is COc1nc(-c2cc(C)c(N[C@@H](C)c3ccccc3C)nn2)ccc1-n1cnc(C)c1. The van der Waals surface area contributed by atoms with Gasteiger partial charge in [0, 0.05) is 6.20 Å². The number of anilines is 1. The van der Waals surface area contributed by atoms with Crippen LogP contribution in [0, 0.1) is 20.8 Å². The molecule has 4 aromatic rings. The minimum absolute atomic E-state index is 0.121. The van der Waals surface area contributed by atoms with E-state index in [0.717, 1.165) is 22.8 Å². The molecule has 0 aliphatic heterocycles. The molecule has 0 bridgehead atoms. The van der Waals surface area contributed by atoms with Crippen LogP contribution in [-0.4, -0.2) is 31.8 Å². The number of ether oxygens (including phenoxy) is 1. The van der Waals surface area contributed by atoms with Gasteiger partial charge in [-0.1, -0.05) is 24.3 Å². The minimum atomic E-state index is 0.121. The highest BCUT2D eigenvalue weighted by atomic mass is 16.5. The van der Waals surface area contributed by atoms with E-state index in [0.29, 0.717) is 17.3 Å². The zero-order valence-electron chi connectivity index (χ0n) is 18.4. The van der Waals surface area contributed by atoms with Gasteiger partial charge in [-0.3, -0.25) is 0 Å². The van der Waals surface area contributed by atoms with Crippen LogP contribution < -0.4 is 10.1 Å². The molecule has 1 N–H and O–H groups in total. The molecule has 1 atom stereocenters. The fraction of sp³-hybridized carbons (Fsp3) is 0.250. The highest BCUT2D eigenvalue weighted by Gasteiger charge is 2.14. The van der Waals surface area contributed by atoms with Crippen molar-refractivity contribution in [3.8, 4) is 23.0 Å². The number of aryl methyl sites for hydroxylation is 3. The summed E-state index contributed by atoms with van der Waals surface area (Å²) in [5.74, 6) is 1.27. The quantitative estimate of drug-likeness (QED) is 0.487. The van der Waals surface area contributed by atoms with Gasteiger partial charge < -0.3 is 14.6 Å². The Labute approximate surface area is 182 Å². The number of rotatable bonds is 6. The maximum atomic E-state index is 5.52. The van der Waals surface area contributed by atoms with E-state index in [-0.39, 0.29) is 6.04 Å². The molecule has 0 radical (unpaired) electrons. The van der Waals surface area contributed by atoms with E-state index in [2.05, 4.69) is 57.5 Å². The highest BCUT2D eigenvalue weighted by Crippen LogP contribution is 2.27. The lowest BCUT2D eigenvalue weighted by molar-refractivity contribution is 0.396. The first-order chi connectivity index (χ1) is 15.0. The summed E-state index contributed by atoms with van der Waals surface area (Å²) in [6.07, 6.45) is 3.67. The van der Waals surface area contributed by atoms with Crippen LogP contribution in [-0.2, 0) is 0 Å². The van der Waals surface area contributed by atoms with Crippen molar-refractivity contribution < 1.29 is 4.74 Å². The Morgan fingerprint density at radius 2 is 1.77 bits per heavy atom. The molecule has 31 heavy (non-hydrogen) atoms. The molecule has 0 fully saturated rings. The van der Waals surface area contributed by atoms with Gasteiger partial charge in [-0.15, -0.1) is 10.2 Å². The van der Waals surface area contributed by atoms with Crippen molar-refractivity contribution in [3.05, 3.63) is 77.4 Å². The Kier molecular flexibility index (Phi) is 5.66. The van der Waals surface area contributed by atoms with Gasteiger partial charge in [-0.05, 0) is 62.6 Å². The highest BCUT2D eigenvalue weighted by molar-refractivity contribution is 5.61. The minimum Gasteiger partial charge on any atom is -0.479 e. The summed E-state index contributed by atoms with van der Waals surface area (Å²) in [6.45, 7) is 8.20. The average molecular weight is 415 g/mol. The van der Waals surface area contributed by atoms with Crippen LogP contribution in [0.1, 0.15) is 35.3 Å². The lowest BCUT2D eigenvalue weighted by Gasteiger charge is -2.18. The molecule has 0 amide bonds. The van der Waals surface area contributed by atoms with E-state index in [1.54, 1.807) is 13.4 Å². The molecule has 7 nitrogen and oxygen atoms in total. The summed E-state index contributed by atoms with van der Waals surface area (Å²) < 4.78 is 7.41. The largest absolute Gasteiger partial charge is 0.479 e. The van der Waals surface area contributed by atoms with Gasteiger partial charge in [-0.25, -0.2) is 9.97 Å². The number of nitrogens with zero attached hydrogens (tertiary/aromatic N) is 5. The van der Waals surface area contributed by atoms with Crippen LogP contribution in [0.2, 0.25) is 0 Å². The van der Waals surface area contributed by atoms with E-state index >= 15 is 0 Å². The summed E-state index contributed by atoms with van der Waals surface area (Å²) in [6, 6.07) is 14.3. The van der Waals surface area contributed by atoms with Crippen LogP contribution in [0.15, 0.2) is 55.0 Å². The molecule has 7 heteroatoms. The Morgan fingerprint density at radius 1 is 0.968 bits per heavy atom. The number of hydrogen-bond donors (Lipinski definition) is 1. The van der Waals surface area contributed by atoms with Gasteiger partial charge >= 0.3 is 0 Å². The fourth-order valence-electron chi connectivity index (χ4n) is 3.58. The van der Waals surface area contributed by atoms with Crippen molar-refractivity contribution in [2.45, 2.75) is 33.7 Å². The summed E-state index contributed by atoms with van der Waals surface area (Å²) in [5.41, 5.74) is 6.63. The third kappa shape index (κ3) is 4.26. The van der Waals surface area contributed by atoms with Gasteiger partial charge in [0.2, 0.25) is 5.88 Å². The van der Waals surface area contributed by atoms with E-state index in [1.807, 2.05) is 48.9 Å². The Balaban J connectivity index is 1.60. The number of nitrogens with one attached hydrogen (secondary N) is 1. The number of hydrogen-bond acceptors (Lipinski definition) is 6. The molecular formula is C24H26N6O. The summed E-state index contributed by atoms with van der Waals surface area (Å²) in [7, 11) is 1.61. The third-order valence-electron chi connectivity index (χ3n) is 5.28. The predicted molar refractivity (Wildman–Crippen MR) is 122 cm³/mol. The topological polar surface area (TPSA) is 77.8 Å². The third-order valence-corrected chi connectivity index (χ3v) is 5.28. The molecule has 158 valence electrons. The Bertz CT molecular complexity index is 1220. The molecule has 1 aromatic carbocycles. The molecule has 0 saturated carbocycles. The van der Waals surface area contributed by atoms with E-state index in [9.17, 15) is 0 Å². The Hall–Kier alpha value is -3.74. The lowest BCUT2D eigenvalue weighted by atomic mass is 10.0. The van der Waals surface area contributed by atoms with E-state index < -0.39 is 0 Å². The molecule has 4 rings (SSSR count). The number of imidazole rings is 1. The molecule has 0 unspecified atom stereocenters. The number of aromatic nitrogens is 5. The summed E-state index contributed by atoms with van der Waals surface area (Å²) in [4.78, 5) is 8.92. The van der Waals surface area contributed by atoms with Crippen molar-refractivity contribution in [1.29, 1.82) is 0 Å². The molecule has 0 spiro atoms. The Morgan fingerprint density at radius 3 is 2.45 bits per heavy atom. The molecule has 0 aliphatic rings. The van der Waals surface area contributed by atoms with Crippen molar-refractivity contribution in [1.82, 2.24) is 24.7 Å². The molecular weight excluding hydrogens is 388 g/mol. The van der Waals surface area contributed by atoms with Crippen LogP contribution in [0.25, 0.3) is 17.1 Å². The number of methoxy groups -OCH3 is 1. The summed E-state index contributed by atoms with van der Waals surface area (Å²) in [5, 5.41) is 12.3. The lowest BCUT2D eigenvalue weighted by Crippen LogP contribution is -2.11. The van der Waals surface area contributed by atoms with Gasteiger partial charge in [0.25, 0.3) is 0 Å². The van der Waals surface area contributed by atoms with Crippen LogP contribution in [0.5, 0.6) is 5.88 Å². The second-order valence-corrected chi connectivity index (χ2v) is 7.63. The second-order valence-electron chi connectivity index (χ2n) is 7.63. The summed E-state index contributed by atoms with van der Waals surface area (Å²) >= 11 is 0. The standard InChI is InChI=1S/C24H26N6O/c1-15-8-6-7-9-19(15)18(4)26-23-16(2)12-21(28-29-23)20-10-11-22(24(27-20)31-5)30-13-17(3)25-14-30/h6-14,18H,1-5H3,(H,26,29)/t18-/m0/s1.